The Morgan fingerprint density at radius 2 is 1.76 bits per heavy atom. The summed E-state index contributed by atoms with van der Waals surface area (Å²) in [6, 6.07) is 4.48. The van der Waals surface area contributed by atoms with Crippen molar-refractivity contribution in [2.45, 2.75) is 85.5 Å². The van der Waals surface area contributed by atoms with Gasteiger partial charge in [0.25, 0.3) is 0 Å². The average molecular weight is 696 g/mol. The predicted octanol–water partition coefficient (Wildman–Crippen LogP) is 4.50. The summed E-state index contributed by atoms with van der Waals surface area (Å²) in [5, 5.41) is 16.8. The van der Waals surface area contributed by atoms with Crippen molar-refractivity contribution in [3.05, 3.63) is 47.2 Å². The maximum Gasteiger partial charge on any atom is 0.331 e. The summed E-state index contributed by atoms with van der Waals surface area (Å²) in [5.74, 6) is -1.61. The number of hydrogen-bond donors (Lipinski definition) is 4. The van der Waals surface area contributed by atoms with Gasteiger partial charge in [0.15, 0.2) is 0 Å². The highest BCUT2D eigenvalue weighted by atomic mass is 127. The second-order valence-corrected chi connectivity index (χ2v) is 14.6. The molecule has 2 aromatic rings. The molecule has 0 aliphatic carbocycles. The van der Waals surface area contributed by atoms with Crippen LogP contribution >= 0.6 is 21.0 Å². The lowest BCUT2D eigenvalue weighted by Gasteiger charge is -2.39. The predicted molar refractivity (Wildman–Crippen MR) is 181 cm³/mol. The summed E-state index contributed by atoms with van der Waals surface area (Å²) in [5.41, 5.74) is 2.24. The van der Waals surface area contributed by atoms with Crippen LogP contribution in [-0.4, -0.2) is 69.1 Å². The molecular formula is C32H50IN5O4. The number of benzene rings is 1. The quantitative estimate of drug-likeness (QED) is 0.140. The molecular weight excluding hydrogens is 645 g/mol. The number of rotatable bonds is 13. The summed E-state index contributed by atoms with van der Waals surface area (Å²) in [6.07, 6.45) is 3.69. The molecule has 0 unspecified atom stereocenters. The Morgan fingerprint density at radius 3 is 2.26 bits per heavy atom. The largest absolute Gasteiger partial charge is 0.478 e. The second-order valence-electron chi connectivity index (χ2n) is 13.0. The molecule has 234 valence electrons. The third kappa shape index (κ3) is 8.08. The highest BCUT2D eigenvalue weighted by Gasteiger charge is 2.42. The molecule has 2 rings (SSSR count). The van der Waals surface area contributed by atoms with Crippen LogP contribution in [-0.2, 0) is 33.4 Å². The van der Waals surface area contributed by atoms with Crippen LogP contribution in [0.5, 0.6) is 0 Å². The van der Waals surface area contributed by atoms with E-state index in [1.807, 2.05) is 55.5 Å². The first-order valence-electron chi connectivity index (χ1n) is 14.2. The van der Waals surface area contributed by atoms with Gasteiger partial charge in [0, 0.05) is 48.7 Å². The number of aryl methyl sites for hydroxylation is 1. The zero-order valence-electron chi connectivity index (χ0n) is 27.1. The van der Waals surface area contributed by atoms with E-state index in [2.05, 4.69) is 47.6 Å². The lowest BCUT2D eigenvalue weighted by Crippen LogP contribution is -2.61. The molecule has 1 aromatic carbocycles. The van der Waals surface area contributed by atoms with Crippen molar-refractivity contribution in [3.8, 4) is 0 Å². The minimum absolute atomic E-state index is 0.0310. The number of aromatic nitrogens is 1. The third-order valence-electron chi connectivity index (χ3n) is 8.02. The number of carbonyl (C=O) groups excluding carboxylic acids is 2. The van der Waals surface area contributed by atoms with Gasteiger partial charge in [-0.25, -0.2) is 4.79 Å². The molecule has 1 aromatic heterocycles. The van der Waals surface area contributed by atoms with Crippen molar-refractivity contribution in [1.82, 2.24) is 23.6 Å². The molecule has 0 aliphatic heterocycles. The van der Waals surface area contributed by atoms with E-state index < -0.39 is 34.9 Å². The van der Waals surface area contributed by atoms with Crippen LogP contribution < -0.4 is 14.2 Å². The molecule has 0 radical (unpaired) electrons. The van der Waals surface area contributed by atoms with Crippen molar-refractivity contribution in [2.24, 2.45) is 18.4 Å². The number of carboxylic acid groups (broad SMARTS) is 1. The van der Waals surface area contributed by atoms with Crippen LogP contribution in [0.3, 0.4) is 0 Å². The van der Waals surface area contributed by atoms with Gasteiger partial charge in [-0.3, -0.25) is 13.1 Å². The molecule has 3 atom stereocenters. The first kappa shape index (κ1) is 35.6. The maximum absolute atomic E-state index is 14.0. The third-order valence-corrected chi connectivity index (χ3v) is 8.94. The molecule has 1 heterocycles. The smallest absolute Gasteiger partial charge is 0.331 e. The molecule has 0 saturated heterocycles. The molecule has 4 N–H and O–H groups in total. The van der Waals surface area contributed by atoms with Gasteiger partial charge in [0.2, 0.25) is 11.8 Å². The number of fused-ring (bicyclic) bond motifs is 1. The number of amides is 2. The molecule has 42 heavy (non-hydrogen) atoms. The van der Waals surface area contributed by atoms with Crippen LogP contribution in [0.25, 0.3) is 10.9 Å². The van der Waals surface area contributed by atoms with Crippen molar-refractivity contribution in [2.75, 3.05) is 14.1 Å². The zero-order chi connectivity index (χ0) is 32.2. The summed E-state index contributed by atoms with van der Waals surface area (Å²) in [7, 11) is 5.44. The van der Waals surface area contributed by atoms with Gasteiger partial charge in [-0.2, -0.15) is 0 Å². The topological polar surface area (TPSA) is 116 Å². The molecule has 0 aliphatic rings. The van der Waals surface area contributed by atoms with E-state index in [9.17, 15) is 19.5 Å². The van der Waals surface area contributed by atoms with E-state index in [1.165, 1.54) is 12.5 Å². The average Bonchev–Trinajstić information content (AvgIpc) is 3.24. The van der Waals surface area contributed by atoms with E-state index in [0.717, 1.165) is 23.0 Å². The van der Waals surface area contributed by atoms with Crippen LogP contribution in [0.1, 0.15) is 66.5 Å². The highest BCUT2D eigenvalue weighted by molar-refractivity contribution is 14.2. The second kappa shape index (κ2) is 14.3. The summed E-state index contributed by atoms with van der Waals surface area (Å²) in [4.78, 5) is 41.0. The zero-order valence-corrected chi connectivity index (χ0v) is 29.2. The van der Waals surface area contributed by atoms with Gasteiger partial charge in [0.1, 0.15) is 6.04 Å². The molecule has 0 saturated carbocycles. The fourth-order valence-electron chi connectivity index (χ4n) is 5.46. The van der Waals surface area contributed by atoms with E-state index >= 15 is 0 Å². The van der Waals surface area contributed by atoms with Crippen LogP contribution in [0.2, 0.25) is 0 Å². The molecule has 0 bridgehead atoms. The summed E-state index contributed by atoms with van der Waals surface area (Å²) in [6.45, 7) is 16.0. The number of carboxylic acids is 1. The van der Waals surface area contributed by atoms with Crippen molar-refractivity contribution < 1.29 is 19.5 Å². The van der Waals surface area contributed by atoms with Gasteiger partial charge in [0.05, 0.1) is 12.1 Å². The van der Waals surface area contributed by atoms with Gasteiger partial charge in [-0.05, 0) is 63.5 Å². The van der Waals surface area contributed by atoms with Gasteiger partial charge >= 0.3 is 5.97 Å². The first-order valence-corrected chi connectivity index (χ1v) is 16.8. The van der Waals surface area contributed by atoms with Crippen molar-refractivity contribution in [3.63, 3.8) is 0 Å². The number of aliphatic carboxylic acids is 1. The maximum atomic E-state index is 14.0. The molecule has 2 amide bonds. The number of likely N-dealkylation sites (N-methyl/N-ethyl adjacent to an activating group) is 2. The lowest BCUT2D eigenvalue weighted by molar-refractivity contribution is -0.141. The lowest BCUT2D eigenvalue weighted by atomic mass is 9.76. The van der Waals surface area contributed by atoms with Gasteiger partial charge in [-0.15, -0.1) is 0 Å². The summed E-state index contributed by atoms with van der Waals surface area (Å²) < 4.78 is 9.41. The Labute approximate surface area is 261 Å². The van der Waals surface area contributed by atoms with E-state index in [-0.39, 0.29) is 44.3 Å². The van der Waals surface area contributed by atoms with E-state index in [1.54, 1.807) is 25.1 Å². The van der Waals surface area contributed by atoms with E-state index in [0.29, 0.717) is 0 Å². The monoisotopic (exact) mass is 695 g/mol. The Bertz CT molecular complexity index is 1340. The fourth-order valence-corrected chi connectivity index (χ4v) is 6.17. The summed E-state index contributed by atoms with van der Waals surface area (Å²) >= 11 is -0.256. The highest BCUT2D eigenvalue weighted by Crippen LogP contribution is 2.35. The molecule has 0 spiro atoms. The number of halogens is 1. The Balaban J connectivity index is 2.45. The van der Waals surface area contributed by atoms with Crippen LogP contribution in [0.4, 0.5) is 0 Å². The molecule has 10 heteroatoms. The Hall–Kier alpha value is -2.57. The van der Waals surface area contributed by atoms with Crippen LogP contribution in [0, 0.1) is 11.3 Å². The number of nitrogens with zero attached hydrogens (tertiary/aromatic N) is 2. The fraction of sp³-hybridized carbons (Fsp3) is 0.562. The molecule has 0 fully saturated rings. The molecule has 9 nitrogen and oxygen atoms in total. The van der Waals surface area contributed by atoms with Gasteiger partial charge in [-0.1, -0.05) is 71.2 Å². The van der Waals surface area contributed by atoms with Crippen LogP contribution in [0.15, 0.2) is 36.0 Å². The van der Waals surface area contributed by atoms with E-state index in [4.69, 9.17) is 0 Å². The minimum atomic E-state index is -1.03. The number of hydrogen-bond acceptors (Lipinski definition) is 5. The van der Waals surface area contributed by atoms with Gasteiger partial charge < -0.3 is 25.2 Å². The number of carbonyl (C=O) groups is 3. The van der Waals surface area contributed by atoms with Crippen molar-refractivity contribution in [1.29, 1.82) is 0 Å². The SMILES string of the molecule is C=INCc1ccc2c(C(C)(C)[C@H](NC)C(=O)N[C@H](C(=O)N(C)[C@H](/C=C(\C)C(=O)O)C(C)C)C(C)(C)C)cn(C)c2c1. The normalized spacial score (nSPS) is 15.0. The Kier molecular flexibility index (Phi) is 12.1. The first-order chi connectivity index (χ1) is 19.4. The standard InChI is InChI=1S/C32H50IN5O4/c1-19(2)24(15-20(3)30(41)42)38(12)29(40)27(31(4,5)6)36-28(39)26(34-10)32(7,8)23-18-37(11)25-16-21(17-35-33-9)13-14-22(23)25/h13-16,18-19,24,26-27,34-35H,9,17H2,1-8,10-12H3,(H,36,39)(H,41,42)/b20-15+/t24-,26-,27-/m1/s1. The number of nitrogens with one attached hydrogen (secondary N) is 3. The Morgan fingerprint density at radius 1 is 1.14 bits per heavy atom. The van der Waals surface area contributed by atoms with Crippen molar-refractivity contribution >= 4 is 54.2 Å². The minimum Gasteiger partial charge on any atom is -0.478 e.